The standard InChI is InChI=1S/C19H23F2N7S.C4H10/c1-4-13(6-22-3)15-7-23-18-17(24-12(2)8-28(15)18)25-16-5-14(26-29-16)9-27-10-19(20,21)11-27;1-3-4-2/h5-8,22H,4,9-11H2,1-3H3,(H,24,25);3-4H2,1-2H3/b13-6+;. The number of nitrogens with zero attached hydrogens (tertiary/aromatic N) is 5. The summed E-state index contributed by atoms with van der Waals surface area (Å²) in [5, 5.41) is 7.18. The van der Waals surface area contributed by atoms with Gasteiger partial charge in [0.1, 0.15) is 5.00 Å². The first-order valence-corrected chi connectivity index (χ1v) is 12.1. The predicted molar refractivity (Wildman–Crippen MR) is 131 cm³/mol. The van der Waals surface area contributed by atoms with Gasteiger partial charge in [-0.25, -0.2) is 18.7 Å². The van der Waals surface area contributed by atoms with Gasteiger partial charge in [0.05, 0.1) is 36.4 Å². The Balaban J connectivity index is 0.000000709. The van der Waals surface area contributed by atoms with Crippen molar-refractivity contribution in [1.29, 1.82) is 0 Å². The minimum Gasteiger partial charge on any atom is -0.394 e. The largest absolute Gasteiger partial charge is 0.394 e. The molecule has 0 amide bonds. The van der Waals surface area contributed by atoms with Crippen LogP contribution in [0.3, 0.4) is 0 Å². The number of hydrogen-bond donors (Lipinski definition) is 2. The number of likely N-dealkylation sites (tertiary alicyclic amines) is 1. The third kappa shape index (κ3) is 6.26. The molecule has 33 heavy (non-hydrogen) atoms. The highest BCUT2D eigenvalue weighted by Crippen LogP contribution is 2.30. The molecule has 0 radical (unpaired) electrons. The third-order valence-corrected chi connectivity index (χ3v) is 5.98. The Morgan fingerprint density at radius 2 is 1.97 bits per heavy atom. The number of aryl methyl sites for hydroxylation is 1. The van der Waals surface area contributed by atoms with Crippen LogP contribution in [0.5, 0.6) is 0 Å². The summed E-state index contributed by atoms with van der Waals surface area (Å²) in [6, 6.07) is 1.88. The van der Waals surface area contributed by atoms with Gasteiger partial charge < -0.3 is 10.6 Å². The number of rotatable bonds is 8. The van der Waals surface area contributed by atoms with E-state index < -0.39 is 5.92 Å². The first kappa shape index (κ1) is 25.0. The maximum absolute atomic E-state index is 13.0. The number of allylic oxidation sites excluding steroid dienone is 1. The Morgan fingerprint density at radius 3 is 2.58 bits per heavy atom. The predicted octanol–water partition coefficient (Wildman–Crippen LogP) is 5.47. The maximum atomic E-state index is 13.0. The number of fused-ring (bicyclic) bond motifs is 1. The Hall–Kier alpha value is -2.59. The van der Waals surface area contributed by atoms with Gasteiger partial charge >= 0.3 is 0 Å². The maximum Gasteiger partial charge on any atom is 0.272 e. The van der Waals surface area contributed by atoms with Gasteiger partial charge in [-0.05, 0) is 36.5 Å². The van der Waals surface area contributed by atoms with E-state index in [9.17, 15) is 8.78 Å². The van der Waals surface area contributed by atoms with Gasteiger partial charge in [0.25, 0.3) is 5.92 Å². The lowest BCUT2D eigenvalue weighted by Crippen LogP contribution is -2.55. The van der Waals surface area contributed by atoms with Crippen molar-refractivity contribution < 1.29 is 8.78 Å². The zero-order valence-electron chi connectivity index (χ0n) is 20.0. The molecule has 3 aromatic rings. The molecule has 4 rings (SSSR count). The average Bonchev–Trinajstić information content (AvgIpc) is 3.38. The quantitative estimate of drug-likeness (QED) is 0.449. The molecule has 1 saturated heterocycles. The van der Waals surface area contributed by atoms with Crippen LogP contribution >= 0.6 is 11.5 Å². The fourth-order valence-corrected chi connectivity index (χ4v) is 4.13. The number of unbranched alkanes of at least 4 members (excludes halogenated alkanes) is 1. The Labute approximate surface area is 198 Å². The molecule has 0 aromatic carbocycles. The summed E-state index contributed by atoms with van der Waals surface area (Å²) < 4.78 is 32.4. The molecule has 0 unspecified atom stereocenters. The Bertz CT molecular complexity index is 1080. The molecule has 2 N–H and O–H groups in total. The number of anilines is 2. The zero-order chi connectivity index (χ0) is 24.0. The number of nitrogens with one attached hydrogen (secondary N) is 2. The molecule has 0 spiro atoms. The fraction of sp³-hybridized carbons (Fsp3) is 0.522. The molecule has 7 nitrogen and oxygen atoms in total. The fourth-order valence-electron chi connectivity index (χ4n) is 3.47. The molecule has 1 fully saturated rings. The van der Waals surface area contributed by atoms with Crippen molar-refractivity contribution in [2.24, 2.45) is 0 Å². The first-order valence-electron chi connectivity index (χ1n) is 11.3. The van der Waals surface area contributed by atoms with E-state index in [1.54, 1.807) is 4.90 Å². The molecule has 4 heterocycles. The summed E-state index contributed by atoms with van der Waals surface area (Å²) in [5.74, 6) is -1.92. The Morgan fingerprint density at radius 1 is 1.24 bits per heavy atom. The van der Waals surface area contributed by atoms with Crippen molar-refractivity contribution in [2.75, 3.05) is 25.5 Å². The minimum atomic E-state index is -2.56. The van der Waals surface area contributed by atoms with E-state index in [4.69, 9.17) is 0 Å². The molecule has 1 aliphatic rings. The van der Waals surface area contributed by atoms with Gasteiger partial charge in [-0.15, -0.1) is 0 Å². The minimum absolute atomic E-state index is 0.204. The van der Waals surface area contributed by atoms with E-state index in [0.29, 0.717) is 12.4 Å². The molecule has 0 atom stereocenters. The second-order valence-electron chi connectivity index (χ2n) is 8.19. The Kier molecular flexibility index (Phi) is 8.36. The number of hydrogen-bond acceptors (Lipinski definition) is 7. The van der Waals surface area contributed by atoms with Crippen molar-refractivity contribution in [3.05, 3.63) is 41.7 Å². The summed E-state index contributed by atoms with van der Waals surface area (Å²) in [5.41, 5.74) is 4.49. The third-order valence-electron chi connectivity index (χ3n) is 5.24. The van der Waals surface area contributed by atoms with Crippen LogP contribution in [0.25, 0.3) is 11.2 Å². The highest BCUT2D eigenvalue weighted by Gasteiger charge is 2.43. The van der Waals surface area contributed by atoms with E-state index >= 15 is 0 Å². The monoisotopic (exact) mass is 477 g/mol. The van der Waals surface area contributed by atoms with Gasteiger partial charge in [0.2, 0.25) is 0 Å². The molecule has 3 aromatic heterocycles. The number of aromatic nitrogens is 4. The molecule has 0 saturated carbocycles. The van der Waals surface area contributed by atoms with Gasteiger partial charge in [-0.2, -0.15) is 4.37 Å². The number of alkyl halides is 2. The molecular formula is C23H33F2N7S. The van der Waals surface area contributed by atoms with Gasteiger partial charge in [0.15, 0.2) is 11.5 Å². The summed E-state index contributed by atoms with van der Waals surface area (Å²) in [6.07, 6.45) is 9.29. The lowest BCUT2D eigenvalue weighted by molar-refractivity contribution is -0.134. The highest BCUT2D eigenvalue weighted by atomic mass is 32.1. The summed E-state index contributed by atoms with van der Waals surface area (Å²) in [6.45, 7) is 8.41. The molecule has 0 bridgehead atoms. The molecule has 1 aliphatic heterocycles. The van der Waals surface area contributed by atoms with E-state index in [1.807, 2.05) is 43.0 Å². The van der Waals surface area contributed by atoms with E-state index in [1.165, 1.54) is 24.4 Å². The molecule has 180 valence electrons. The lowest BCUT2D eigenvalue weighted by Gasteiger charge is -2.38. The molecule has 10 heteroatoms. The van der Waals surface area contributed by atoms with Crippen molar-refractivity contribution in [2.45, 2.75) is 59.4 Å². The van der Waals surface area contributed by atoms with Gasteiger partial charge in [-0.3, -0.25) is 9.30 Å². The van der Waals surface area contributed by atoms with Crippen molar-refractivity contribution >= 4 is 33.6 Å². The van der Waals surface area contributed by atoms with Crippen LogP contribution in [0.2, 0.25) is 0 Å². The zero-order valence-corrected chi connectivity index (χ0v) is 20.8. The van der Waals surface area contributed by atoms with Crippen molar-refractivity contribution in [1.82, 2.24) is 29.0 Å². The first-order chi connectivity index (χ1) is 15.8. The van der Waals surface area contributed by atoms with Crippen molar-refractivity contribution in [3.8, 4) is 0 Å². The second kappa shape index (κ2) is 11.0. The number of imidazole rings is 1. The van der Waals surface area contributed by atoms with Gasteiger partial charge in [0, 0.05) is 26.0 Å². The van der Waals surface area contributed by atoms with Crippen LogP contribution in [0, 0.1) is 6.92 Å². The average molecular weight is 478 g/mol. The van der Waals surface area contributed by atoms with E-state index in [0.717, 1.165) is 39.7 Å². The smallest absolute Gasteiger partial charge is 0.272 e. The van der Waals surface area contributed by atoms with E-state index in [2.05, 4.69) is 45.7 Å². The summed E-state index contributed by atoms with van der Waals surface area (Å²) >= 11 is 1.29. The van der Waals surface area contributed by atoms with Crippen LogP contribution in [-0.4, -0.2) is 49.7 Å². The van der Waals surface area contributed by atoms with Crippen LogP contribution < -0.4 is 10.6 Å². The van der Waals surface area contributed by atoms with Crippen LogP contribution in [-0.2, 0) is 6.54 Å². The van der Waals surface area contributed by atoms with Crippen molar-refractivity contribution in [3.63, 3.8) is 0 Å². The number of halogens is 2. The van der Waals surface area contributed by atoms with Crippen LogP contribution in [0.4, 0.5) is 19.6 Å². The van der Waals surface area contributed by atoms with Gasteiger partial charge in [-0.1, -0.05) is 33.6 Å². The lowest BCUT2D eigenvalue weighted by atomic mass is 10.1. The summed E-state index contributed by atoms with van der Waals surface area (Å²) in [7, 11) is 1.88. The second-order valence-corrected chi connectivity index (χ2v) is 8.99. The normalized spacial score (nSPS) is 15.7. The molecular weight excluding hydrogens is 444 g/mol. The summed E-state index contributed by atoms with van der Waals surface area (Å²) in [4.78, 5) is 10.8. The SMILES string of the molecule is CC/C(=C\NC)c1cnc2c(Nc3cc(CN4CC(F)(F)C4)ns3)nc(C)cn12.CCCC. The topological polar surface area (TPSA) is 70.4 Å². The molecule has 0 aliphatic carbocycles. The van der Waals surface area contributed by atoms with E-state index in [-0.39, 0.29) is 13.1 Å². The van der Waals surface area contributed by atoms with Crippen LogP contribution in [0.1, 0.15) is 57.1 Å². The highest BCUT2D eigenvalue weighted by molar-refractivity contribution is 7.10. The van der Waals surface area contributed by atoms with Crippen LogP contribution in [0.15, 0.2) is 24.7 Å².